The fraction of sp³-hybridized carbons (Fsp3) is 0.0769. The highest BCUT2D eigenvalue weighted by Crippen LogP contribution is 2.27. The van der Waals surface area contributed by atoms with Crippen LogP contribution >= 0.6 is 12.2 Å². The predicted molar refractivity (Wildman–Crippen MR) is 142 cm³/mol. The van der Waals surface area contributed by atoms with Crippen molar-refractivity contribution in [1.29, 1.82) is 0 Å². The van der Waals surface area contributed by atoms with Crippen molar-refractivity contribution in [2.45, 2.75) is 13.8 Å². The molecule has 10 heteroatoms. The summed E-state index contributed by atoms with van der Waals surface area (Å²) in [5.74, 6) is -0.655. The molecule has 1 amide bonds. The lowest BCUT2D eigenvalue weighted by molar-refractivity contribution is -0.384. The van der Waals surface area contributed by atoms with Gasteiger partial charge < -0.3 is 0 Å². The summed E-state index contributed by atoms with van der Waals surface area (Å²) in [5, 5.41) is 14.2. The molecule has 3 N–H and O–H groups in total. The summed E-state index contributed by atoms with van der Waals surface area (Å²) in [6.45, 7) is 3.37. The smallest absolute Gasteiger partial charge is 0.269 e. The maximum absolute atomic E-state index is 13.3. The van der Waals surface area contributed by atoms with Gasteiger partial charge in [0.05, 0.1) is 27.4 Å². The number of anilines is 1. The Kier molecular flexibility index (Phi) is 6.98. The van der Waals surface area contributed by atoms with E-state index in [1.807, 2.05) is 31.2 Å². The maximum Gasteiger partial charge on any atom is 0.269 e. The Balaban J connectivity index is 1.67. The summed E-state index contributed by atoms with van der Waals surface area (Å²) in [6, 6.07) is 19.9. The van der Waals surface area contributed by atoms with E-state index < -0.39 is 10.8 Å². The molecule has 0 aliphatic carbocycles. The van der Waals surface area contributed by atoms with E-state index >= 15 is 0 Å². The number of thiocarbonyl (C=S) groups is 1. The third kappa shape index (κ3) is 5.34. The van der Waals surface area contributed by atoms with Gasteiger partial charge in [0.2, 0.25) is 0 Å². The number of nitrogens with one attached hydrogen (secondary N) is 3. The van der Waals surface area contributed by atoms with Crippen LogP contribution in [0.4, 0.5) is 11.4 Å². The number of rotatable bonds is 6. The highest BCUT2D eigenvalue weighted by molar-refractivity contribution is 7.80. The summed E-state index contributed by atoms with van der Waals surface area (Å²) < 4.78 is 0. The van der Waals surface area contributed by atoms with E-state index in [0.29, 0.717) is 27.7 Å². The van der Waals surface area contributed by atoms with Gasteiger partial charge in [-0.15, -0.1) is 0 Å². The first-order chi connectivity index (χ1) is 17.2. The first-order valence-electron chi connectivity index (χ1n) is 10.9. The topological polar surface area (TPSA) is 126 Å². The molecule has 180 valence electrons. The Bertz CT molecular complexity index is 1520. The van der Waals surface area contributed by atoms with E-state index in [-0.39, 0.29) is 22.1 Å². The number of nitro groups is 1. The minimum absolute atomic E-state index is 0.0489. The number of hydrogen-bond acceptors (Lipinski definition) is 7. The Morgan fingerprint density at radius 3 is 2.39 bits per heavy atom. The number of nitrogens with zero attached hydrogens (tertiary/aromatic N) is 2. The number of non-ortho nitro benzene ring substituents is 1. The number of hydrazine groups is 1. The Morgan fingerprint density at radius 2 is 1.72 bits per heavy atom. The molecular formula is C26H21N5O4S. The number of Topliss-reactive ketones (excluding diaryl/α,β-unsaturated/α-hetero) is 1. The molecule has 0 aliphatic rings. The van der Waals surface area contributed by atoms with E-state index in [1.165, 1.54) is 19.1 Å². The van der Waals surface area contributed by atoms with Crippen molar-refractivity contribution in [2.24, 2.45) is 0 Å². The number of fused-ring (bicyclic) bond motifs is 1. The number of nitro benzene ring substituents is 1. The van der Waals surface area contributed by atoms with Gasteiger partial charge in [-0.3, -0.25) is 35.9 Å². The summed E-state index contributed by atoms with van der Waals surface area (Å²) >= 11 is 5.29. The predicted octanol–water partition coefficient (Wildman–Crippen LogP) is 4.95. The first kappa shape index (κ1) is 24.4. The molecule has 4 aromatic rings. The number of aryl methyl sites for hydroxylation is 1. The zero-order chi connectivity index (χ0) is 25.8. The molecule has 0 unspecified atom stereocenters. The minimum Gasteiger partial charge on any atom is -0.299 e. The van der Waals surface area contributed by atoms with Gasteiger partial charge in [-0.1, -0.05) is 18.2 Å². The largest absolute Gasteiger partial charge is 0.299 e. The van der Waals surface area contributed by atoms with E-state index in [1.54, 1.807) is 36.4 Å². The molecule has 0 bridgehead atoms. The second kappa shape index (κ2) is 10.3. The van der Waals surface area contributed by atoms with Crippen LogP contribution in [0.5, 0.6) is 0 Å². The molecule has 0 atom stereocenters. The van der Waals surface area contributed by atoms with Crippen LogP contribution in [0.2, 0.25) is 0 Å². The molecule has 4 rings (SSSR count). The molecule has 0 saturated heterocycles. The lowest BCUT2D eigenvalue weighted by atomic mass is 10.0. The second-order valence-corrected chi connectivity index (χ2v) is 8.40. The molecule has 0 fully saturated rings. The van der Waals surface area contributed by atoms with Gasteiger partial charge in [0, 0.05) is 28.6 Å². The number of aromatic nitrogens is 1. The Morgan fingerprint density at radius 1 is 1.00 bits per heavy atom. The van der Waals surface area contributed by atoms with Crippen LogP contribution in [-0.2, 0) is 0 Å². The van der Waals surface area contributed by atoms with Gasteiger partial charge in [0.25, 0.3) is 11.6 Å². The normalized spacial score (nSPS) is 10.5. The van der Waals surface area contributed by atoms with E-state index in [4.69, 9.17) is 12.2 Å². The van der Waals surface area contributed by atoms with Gasteiger partial charge in [0.15, 0.2) is 10.9 Å². The molecule has 0 saturated carbocycles. The molecular weight excluding hydrogens is 478 g/mol. The SMILES string of the molecule is CC(=O)c1ccc2nc(-c3ccc([N+](=O)[O-])cc3)cc(C(=O)NC(=S)NNc3ccccc3C)c2c1. The molecule has 0 radical (unpaired) electrons. The fourth-order valence-corrected chi connectivity index (χ4v) is 3.72. The molecule has 3 aromatic carbocycles. The van der Waals surface area contributed by atoms with E-state index in [0.717, 1.165) is 11.3 Å². The second-order valence-electron chi connectivity index (χ2n) is 8.00. The quantitative estimate of drug-likeness (QED) is 0.147. The average Bonchev–Trinajstić information content (AvgIpc) is 2.87. The zero-order valence-corrected chi connectivity index (χ0v) is 20.2. The molecule has 1 heterocycles. The monoisotopic (exact) mass is 499 g/mol. The van der Waals surface area contributed by atoms with E-state index in [2.05, 4.69) is 21.2 Å². The number of benzene rings is 3. The minimum atomic E-state index is -0.504. The number of hydrogen-bond donors (Lipinski definition) is 3. The summed E-state index contributed by atoms with van der Waals surface area (Å²) in [6.07, 6.45) is 0. The average molecular weight is 500 g/mol. The van der Waals surface area contributed by atoms with Crippen LogP contribution in [0.15, 0.2) is 72.8 Å². The standard InChI is InChI=1S/C26H21N5O4S/c1-15-5-3-4-6-22(15)29-30-26(36)28-25(33)21-14-24(17-7-10-19(11-8-17)31(34)35)27-23-12-9-18(16(2)32)13-20(21)23/h3-14,29H,1-2H3,(H2,28,30,33,36). The van der Waals surface area contributed by atoms with Crippen LogP contribution in [-0.4, -0.2) is 26.7 Å². The molecule has 0 aliphatic heterocycles. The van der Waals surface area contributed by atoms with Crippen molar-refractivity contribution in [3.05, 3.63) is 99.6 Å². The number of ketones is 1. The summed E-state index contributed by atoms with van der Waals surface area (Å²) in [7, 11) is 0. The maximum atomic E-state index is 13.3. The summed E-state index contributed by atoms with van der Waals surface area (Å²) in [4.78, 5) is 40.4. The van der Waals surface area contributed by atoms with Crippen molar-refractivity contribution >= 4 is 51.3 Å². The van der Waals surface area contributed by atoms with Crippen LogP contribution in [0.25, 0.3) is 22.2 Å². The van der Waals surface area contributed by atoms with Crippen molar-refractivity contribution in [3.8, 4) is 11.3 Å². The first-order valence-corrected chi connectivity index (χ1v) is 11.3. The van der Waals surface area contributed by atoms with E-state index in [9.17, 15) is 19.7 Å². The van der Waals surface area contributed by atoms with Crippen molar-refractivity contribution in [3.63, 3.8) is 0 Å². The van der Waals surface area contributed by atoms with Gasteiger partial charge >= 0.3 is 0 Å². The van der Waals surface area contributed by atoms with Gasteiger partial charge in [-0.25, -0.2) is 4.98 Å². The van der Waals surface area contributed by atoms with Gasteiger partial charge in [0.1, 0.15) is 0 Å². The Labute approximate surface area is 211 Å². The van der Waals surface area contributed by atoms with Crippen molar-refractivity contribution < 1.29 is 14.5 Å². The van der Waals surface area contributed by atoms with Crippen LogP contribution in [0.1, 0.15) is 33.2 Å². The summed E-state index contributed by atoms with van der Waals surface area (Å²) in [5.41, 5.74) is 9.69. The number of amides is 1. The zero-order valence-electron chi connectivity index (χ0n) is 19.4. The van der Waals surface area contributed by atoms with Gasteiger partial charge in [-0.2, -0.15) is 0 Å². The molecule has 9 nitrogen and oxygen atoms in total. The number of carbonyl (C=O) groups is 2. The van der Waals surface area contributed by atoms with Gasteiger partial charge in [-0.05, 0) is 74.1 Å². The number of carbonyl (C=O) groups excluding carboxylic acids is 2. The third-order valence-corrected chi connectivity index (χ3v) is 5.72. The highest BCUT2D eigenvalue weighted by atomic mass is 32.1. The van der Waals surface area contributed by atoms with Crippen molar-refractivity contribution in [1.82, 2.24) is 15.7 Å². The van der Waals surface area contributed by atoms with Crippen molar-refractivity contribution in [2.75, 3.05) is 5.43 Å². The number of para-hydroxylation sites is 1. The van der Waals surface area contributed by atoms with Crippen LogP contribution < -0.4 is 16.2 Å². The lowest BCUT2D eigenvalue weighted by Gasteiger charge is -2.15. The highest BCUT2D eigenvalue weighted by Gasteiger charge is 2.17. The molecule has 1 aromatic heterocycles. The lowest BCUT2D eigenvalue weighted by Crippen LogP contribution is -2.42. The third-order valence-electron chi connectivity index (χ3n) is 5.52. The molecule has 36 heavy (non-hydrogen) atoms. The van der Waals surface area contributed by atoms with Crippen LogP contribution in [0.3, 0.4) is 0 Å². The van der Waals surface area contributed by atoms with Crippen LogP contribution in [0, 0.1) is 17.0 Å². The molecule has 0 spiro atoms. The Hall–Kier alpha value is -4.70. The number of pyridine rings is 1. The fourth-order valence-electron chi connectivity index (χ4n) is 3.57.